The molecule has 0 bridgehead atoms. The summed E-state index contributed by atoms with van der Waals surface area (Å²) in [4.78, 5) is 12.3. The molecule has 0 radical (unpaired) electrons. The monoisotopic (exact) mass is 386 g/mol. The molecule has 1 amide bonds. The Morgan fingerprint density at radius 3 is 2.52 bits per heavy atom. The van der Waals surface area contributed by atoms with Crippen molar-refractivity contribution < 1.29 is 14.6 Å². The van der Waals surface area contributed by atoms with E-state index in [1.807, 2.05) is 0 Å². The Labute approximate surface area is 165 Å². The van der Waals surface area contributed by atoms with Crippen molar-refractivity contribution >= 4 is 28.9 Å². The predicted molar refractivity (Wildman–Crippen MR) is 112 cm³/mol. The number of phenols is 1. The number of anilines is 1. The number of rotatable bonds is 9. The van der Waals surface area contributed by atoms with Gasteiger partial charge < -0.3 is 15.2 Å². The first-order chi connectivity index (χ1) is 13.1. The van der Waals surface area contributed by atoms with Gasteiger partial charge in [0.15, 0.2) is 5.11 Å². The van der Waals surface area contributed by atoms with Crippen LogP contribution in [0.2, 0.25) is 0 Å². The average Bonchev–Trinajstić information content (AvgIpc) is 2.65. The predicted octanol–water partition coefficient (Wildman–Crippen LogP) is 4.87. The first kappa shape index (κ1) is 20.7. The van der Waals surface area contributed by atoms with Crippen LogP contribution < -0.4 is 15.4 Å². The second kappa shape index (κ2) is 11.2. The highest BCUT2D eigenvalue weighted by Gasteiger charge is 2.08. The number of unbranched alkanes of at least 4 members (excludes halogenated alkanes) is 4. The highest BCUT2D eigenvalue weighted by atomic mass is 32.1. The van der Waals surface area contributed by atoms with E-state index in [4.69, 9.17) is 17.0 Å². The van der Waals surface area contributed by atoms with Crippen molar-refractivity contribution in [2.75, 3.05) is 11.9 Å². The lowest BCUT2D eigenvalue weighted by atomic mass is 10.2. The topological polar surface area (TPSA) is 70.6 Å². The Morgan fingerprint density at radius 2 is 1.81 bits per heavy atom. The lowest BCUT2D eigenvalue weighted by Crippen LogP contribution is -2.34. The summed E-state index contributed by atoms with van der Waals surface area (Å²) in [5.41, 5.74) is 1.09. The molecular formula is C21H26N2O3S. The number of carbonyl (C=O) groups is 1. The molecule has 0 aliphatic rings. The second-order valence-electron chi connectivity index (χ2n) is 6.25. The number of thiocarbonyl (C=S) groups is 1. The van der Waals surface area contributed by atoms with Gasteiger partial charge >= 0.3 is 0 Å². The fourth-order valence-electron chi connectivity index (χ4n) is 2.52. The molecule has 0 spiro atoms. The Balaban J connectivity index is 1.76. The van der Waals surface area contributed by atoms with E-state index in [1.54, 1.807) is 42.5 Å². The van der Waals surface area contributed by atoms with Gasteiger partial charge in [-0.05, 0) is 55.0 Å². The summed E-state index contributed by atoms with van der Waals surface area (Å²) >= 11 is 5.13. The third-order valence-electron chi connectivity index (χ3n) is 3.96. The summed E-state index contributed by atoms with van der Waals surface area (Å²) in [6.07, 6.45) is 5.97. The van der Waals surface area contributed by atoms with Crippen molar-refractivity contribution in [3.63, 3.8) is 0 Å². The lowest BCUT2D eigenvalue weighted by Gasteiger charge is -2.10. The molecule has 0 aromatic heterocycles. The molecule has 0 aliphatic heterocycles. The first-order valence-electron chi connectivity index (χ1n) is 9.22. The fraction of sp³-hybridized carbons (Fsp3) is 0.333. The van der Waals surface area contributed by atoms with Crippen LogP contribution in [0.5, 0.6) is 11.5 Å². The first-order valence-corrected chi connectivity index (χ1v) is 9.63. The van der Waals surface area contributed by atoms with Gasteiger partial charge in [0.25, 0.3) is 5.91 Å². The summed E-state index contributed by atoms with van der Waals surface area (Å²) in [5, 5.41) is 15.1. The van der Waals surface area contributed by atoms with Crippen LogP contribution in [0.1, 0.15) is 49.4 Å². The lowest BCUT2D eigenvalue weighted by molar-refractivity contribution is 0.0977. The van der Waals surface area contributed by atoms with Crippen LogP contribution in [0.25, 0.3) is 0 Å². The van der Waals surface area contributed by atoms with Crippen LogP contribution in [-0.4, -0.2) is 22.7 Å². The minimum Gasteiger partial charge on any atom is -0.508 e. The molecule has 0 unspecified atom stereocenters. The summed E-state index contributed by atoms with van der Waals surface area (Å²) in [7, 11) is 0. The molecule has 0 fully saturated rings. The fourth-order valence-corrected chi connectivity index (χ4v) is 2.73. The third-order valence-corrected chi connectivity index (χ3v) is 4.17. The van der Waals surface area contributed by atoms with E-state index < -0.39 is 0 Å². The van der Waals surface area contributed by atoms with Crippen molar-refractivity contribution in [2.45, 2.75) is 39.0 Å². The van der Waals surface area contributed by atoms with Crippen LogP contribution in [-0.2, 0) is 0 Å². The molecule has 0 saturated carbocycles. The summed E-state index contributed by atoms with van der Waals surface area (Å²) in [5.74, 6) is 0.566. The van der Waals surface area contributed by atoms with Gasteiger partial charge in [-0.1, -0.05) is 38.7 Å². The van der Waals surface area contributed by atoms with Crippen molar-refractivity contribution in [3.05, 3.63) is 54.1 Å². The number of phenolic OH excluding ortho intramolecular Hbond substituents is 1. The van der Waals surface area contributed by atoms with Gasteiger partial charge in [-0.15, -0.1) is 0 Å². The van der Waals surface area contributed by atoms with Crippen molar-refractivity contribution in [1.29, 1.82) is 0 Å². The molecule has 0 saturated heterocycles. The number of benzene rings is 2. The molecule has 27 heavy (non-hydrogen) atoms. The molecule has 2 rings (SSSR count). The Bertz CT molecular complexity index is 747. The van der Waals surface area contributed by atoms with E-state index in [1.165, 1.54) is 31.7 Å². The van der Waals surface area contributed by atoms with Crippen molar-refractivity contribution in [2.24, 2.45) is 0 Å². The zero-order chi connectivity index (χ0) is 19.5. The highest BCUT2D eigenvalue weighted by Crippen LogP contribution is 2.16. The molecule has 3 N–H and O–H groups in total. The summed E-state index contributed by atoms with van der Waals surface area (Å²) in [6, 6.07) is 13.5. The van der Waals surface area contributed by atoms with Gasteiger partial charge in [0.2, 0.25) is 0 Å². The summed E-state index contributed by atoms with van der Waals surface area (Å²) < 4.78 is 5.70. The second-order valence-corrected chi connectivity index (χ2v) is 6.65. The van der Waals surface area contributed by atoms with E-state index in [2.05, 4.69) is 17.6 Å². The number of carbonyl (C=O) groups excluding carboxylic acids is 1. The molecule has 144 valence electrons. The molecule has 6 heteroatoms. The summed E-state index contributed by atoms with van der Waals surface area (Å²) in [6.45, 7) is 2.89. The molecular weight excluding hydrogens is 360 g/mol. The number of aromatic hydroxyl groups is 1. The largest absolute Gasteiger partial charge is 0.508 e. The van der Waals surface area contributed by atoms with E-state index in [0.717, 1.165) is 12.2 Å². The molecule has 0 aliphatic carbocycles. The Kier molecular flexibility index (Phi) is 8.58. The Hall–Kier alpha value is -2.60. The quantitative estimate of drug-likeness (QED) is 0.424. The standard InChI is InChI=1S/C21H26N2O3S/c1-2-3-4-5-6-14-26-19-12-10-16(11-13-19)20(25)23-21(27)22-17-8-7-9-18(24)15-17/h7-13,15,24H,2-6,14H2,1H3,(H2,22,23,25,27). The molecule has 0 heterocycles. The van der Waals surface area contributed by atoms with Crippen LogP contribution >= 0.6 is 12.2 Å². The van der Waals surface area contributed by atoms with E-state index >= 15 is 0 Å². The number of hydrogen-bond donors (Lipinski definition) is 3. The molecule has 0 atom stereocenters. The van der Waals surface area contributed by atoms with Gasteiger partial charge in [-0.3, -0.25) is 10.1 Å². The number of nitrogens with one attached hydrogen (secondary N) is 2. The van der Waals surface area contributed by atoms with Crippen LogP contribution in [0, 0.1) is 0 Å². The van der Waals surface area contributed by atoms with Crippen LogP contribution in [0.15, 0.2) is 48.5 Å². The maximum absolute atomic E-state index is 12.3. The van der Waals surface area contributed by atoms with Crippen molar-refractivity contribution in [1.82, 2.24) is 5.32 Å². The molecule has 2 aromatic rings. The van der Waals surface area contributed by atoms with E-state index in [-0.39, 0.29) is 16.8 Å². The smallest absolute Gasteiger partial charge is 0.257 e. The van der Waals surface area contributed by atoms with E-state index in [9.17, 15) is 9.90 Å². The molecule has 5 nitrogen and oxygen atoms in total. The minimum absolute atomic E-state index is 0.120. The van der Waals surface area contributed by atoms with Gasteiger partial charge in [-0.2, -0.15) is 0 Å². The van der Waals surface area contributed by atoms with Gasteiger partial charge in [0.1, 0.15) is 11.5 Å². The van der Waals surface area contributed by atoms with Crippen LogP contribution in [0.3, 0.4) is 0 Å². The normalized spacial score (nSPS) is 10.3. The minimum atomic E-state index is -0.307. The van der Waals surface area contributed by atoms with Gasteiger partial charge in [-0.25, -0.2) is 0 Å². The van der Waals surface area contributed by atoms with Gasteiger partial charge in [0.05, 0.1) is 6.61 Å². The Morgan fingerprint density at radius 1 is 1.07 bits per heavy atom. The number of amides is 1. The SMILES string of the molecule is CCCCCCCOc1ccc(C(=O)NC(=S)Nc2cccc(O)c2)cc1. The maximum Gasteiger partial charge on any atom is 0.257 e. The number of ether oxygens (including phenoxy) is 1. The van der Waals surface area contributed by atoms with Gasteiger partial charge in [0, 0.05) is 17.3 Å². The third kappa shape index (κ3) is 7.66. The number of hydrogen-bond acceptors (Lipinski definition) is 4. The van der Waals surface area contributed by atoms with Crippen molar-refractivity contribution in [3.8, 4) is 11.5 Å². The van der Waals surface area contributed by atoms with E-state index in [0.29, 0.717) is 17.9 Å². The maximum atomic E-state index is 12.3. The average molecular weight is 387 g/mol. The molecule has 2 aromatic carbocycles. The highest BCUT2D eigenvalue weighted by molar-refractivity contribution is 7.80. The van der Waals surface area contributed by atoms with Crippen LogP contribution in [0.4, 0.5) is 5.69 Å². The zero-order valence-corrected chi connectivity index (χ0v) is 16.3. The zero-order valence-electron chi connectivity index (χ0n) is 15.5.